The van der Waals surface area contributed by atoms with Crippen LogP contribution in [0.5, 0.6) is 0 Å². The van der Waals surface area contributed by atoms with Crippen LogP contribution in [0.25, 0.3) is 11.3 Å². The van der Waals surface area contributed by atoms with Gasteiger partial charge >= 0.3 is 0 Å². The zero-order valence-electron chi connectivity index (χ0n) is 13.5. The molecule has 0 radical (unpaired) electrons. The highest BCUT2D eigenvalue weighted by molar-refractivity contribution is 7.98. The summed E-state index contributed by atoms with van der Waals surface area (Å²) in [5.74, 6) is 0.553. The van der Waals surface area contributed by atoms with Gasteiger partial charge in [-0.15, -0.1) is 11.8 Å². The maximum Gasteiger partial charge on any atom is 0.115 e. The van der Waals surface area contributed by atoms with Gasteiger partial charge in [0.15, 0.2) is 0 Å². The van der Waals surface area contributed by atoms with Gasteiger partial charge in [0.2, 0.25) is 0 Å². The van der Waals surface area contributed by atoms with Crippen LogP contribution < -0.4 is 0 Å². The molecule has 2 nitrogen and oxygen atoms in total. The molecule has 5 heteroatoms. The summed E-state index contributed by atoms with van der Waals surface area (Å²) in [4.78, 5) is 4.67. The monoisotopic (exact) mass is 384 g/mol. The van der Waals surface area contributed by atoms with Crippen LogP contribution in [0.2, 0.25) is 10.0 Å². The van der Waals surface area contributed by atoms with E-state index in [1.165, 1.54) is 17.3 Å². The van der Waals surface area contributed by atoms with Crippen LogP contribution >= 0.6 is 35.0 Å². The molecule has 25 heavy (non-hydrogen) atoms. The Morgan fingerprint density at radius 3 is 2.32 bits per heavy atom. The minimum Gasteiger partial charge on any atom is -0.240 e. The Kier molecular flexibility index (Phi) is 5.65. The van der Waals surface area contributed by atoms with E-state index < -0.39 is 0 Å². The van der Waals surface area contributed by atoms with E-state index in [1.807, 2.05) is 55.5 Å². The van der Waals surface area contributed by atoms with Crippen LogP contribution in [-0.4, -0.2) is 4.98 Å². The first-order chi connectivity index (χ1) is 12.1. The van der Waals surface area contributed by atoms with Gasteiger partial charge in [-0.1, -0.05) is 59.1 Å². The largest absolute Gasteiger partial charge is 0.240 e. The van der Waals surface area contributed by atoms with Crippen molar-refractivity contribution < 1.29 is 0 Å². The molecule has 0 unspecified atom stereocenters. The number of benzene rings is 2. The minimum absolute atomic E-state index is 0.545. The molecule has 0 aliphatic rings. The molecule has 124 valence electrons. The van der Waals surface area contributed by atoms with E-state index in [9.17, 15) is 5.26 Å². The summed E-state index contributed by atoms with van der Waals surface area (Å²) >= 11 is 13.9. The van der Waals surface area contributed by atoms with Gasteiger partial charge in [-0.3, -0.25) is 0 Å². The van der Waals surface area contributed by atoms with E-state index in [-0.39, 0.29) is 0 Å². The zero-order chi connectivity index (χ0) is 17.8. The summed E-state index contributed by atoms with van der Waals surface area (Å²) in [7, 11) is 0. The van der Waals surface area contributed by atoms with Crippen molar-refractivity contribution in [2.75, 3.05) is 0 Å². The van der Waals surface area contributed by atoms with E-state index in [2.05, 4.69) is 11.1 Å². The Balaban J connectivity index is 1.91. The average molecular weight is 385 g/mol. The van der Waals surface area contributed by atoms with E-state index in [1.54, 1.807) is 6.07 Å². The van der Waals surface area contributed by atoms with Crippen LogP contribution in [-0.2, 0) is 5.75 Å². The van der Waals surface area contributed by atoms with Crippen molar-refractivity contribution in [2.45, 2.75) is 17.7 Å². The van der Waals surface area contributed by atoms with Gasteiger partial charge in [-0.05, 0) is 36.8 Å². The second kappa shape index (κ2) is 7.93. The SMILES string of the molecule is Cc1ccc(-c2ccc(C#N)c(SCc3c(Cl)cccc3Cl)n2)cc1. The lowest BCUT2D eigenvalue weighted by Gasteiger charge is -2.09. The summed E-state index contributed by atoms with van der Waals surface area (Å²) in [6.45, 7) is 2.05. The van der Waals surface area contributed by atoms with E-state index in [4.69, 9.17) is 23.2 Å². The molecule has 0 spiro atoms. The number of nitriles is 1. The maximum absolute atomic E-state index is 9.37. The molecular formula is C20H14Cl2N2S. The first-order valence-electron chi connectivity index (χ1n) is 7.62. The van der Waals surface area contributed by atoms with Crippen LogP contribution in [0, 0.1) is 18.3 Å². The summed E-state index contributed by atoms with van der Waals surface area (Å²) in [5.41, 5.74) is 4.45. The van der Waals surface area contributed by atoms with Crippen molar-refractivity contribution >= 4 is 35.0 Å². The summed E-state index contributed by atoms with van der Waals surface area (Å²) in [6, 6.07) is 19.5. The van der Waals surface area contributed by atoms with Crippen molar-refractivity contribution in [1.29, 1.82) is 5.26 Å². The molecule has 0 bridgehead atoms. The van der Waals surface area contributed by atoms with Gasteiger partial charge in [0.05, 0.1) is 11.3 Å². The number of hydrogen-bond acceptors (Lipinski definition) is 3. The molecule has 2 aromatic carbocycles. The Hall–Kier alpha value is -1.99. The molecular weight excluding hydrogens is 371 g/mol. The quantitative estimate of drug-likeness (QED) is 0.479. The predicted molar refractivity (Wildman–Crippen MR) is 105 cm³/mol. The normalized spacial score (nSPS) is 10.5. The number of aromatic nitrogens is 1. The van der Waals surface area contributed by atoms with Crippen LogP contribution in [0.4, 0.5) is 0 Å². The Labute approximate surface area is 161 Å². The Bertz CT molecular complexity index is 927. The van der Waals surface area contributed by atoms with E-state index >= 15 is 0 Å². The minimum atomic E-state index is 0.545. The molecule has 0 aliphatic carbocycles. The second-order valence-corrected chi connectivity index (χ2v) is 7.29. The fourth-order valence-corrected chi connectivity index (χ4v) is 4.05. The number of thioether (sulfide) groups is 1. The third kappa shape index (κ3) is 4.16. The predicted octanol–water partition coefficient (Wildman–Crippen LogP) is 6.53. The van der Waals surface area contributed by atoms with Crippen molar-refractivity contribution in [3.8, 4) is 17.3 Å². The van der Waals surface area contributed by atoms with Gasteiger partial charge in [0.25, 0.3) is 0 Å². The van der Waals surface area contributed by atoms with Gasteiger partial charge < -0.3 is 0 Å². The summed E-state index contributed by atoms with van der Waals surface area (Å²) in [6.07, 6.45) is 0. The number of pyridine rings is 1. The first kappa shape index (κ1) is 17.8. The lowest BCUT2D eigenvalue weighted by Crippen LogP contribution is -1.92. The molecule has 0 N–H and O–H groups in total. The first-order valence-corrected chi connectivity index (χ1v) is 9.36. The molecule has 0 atom stereocenters. The van der Waals surface area contributed by atoms with Crippen LogP contribution in [0.15, 0.2) is 59.6 Å². The fourth-order valence-electron chi connectivity index (χ4n) is 2.33. The molecule has 3 rings (SSSR count). The second-order valence-electron chi connectivity index (χ2n) is 5.52. The number of rotatable bonds is 4. The smallest absolute Gasteiger partial charge is 0.115 e. The zero-order valence-corrected chi connectivity index (χ0v) is 15.8. The molecule has 0 fully saturated rings. The number of nitrogens with zero attached hydrogens (tertiary/aromatic N) is 2. The van der Waals surface area contributed by atoms with Crippen molar-refractivity contribution in [1.82, 2.24) is 4.98 Å². The highest BCUT2D eigenvalue weighted by Crippen LogP contribution is 2.33. The van der Waals surface area contributed by atoms with E-state index in [0.717, 1.165) is 16.8 Å². The molecule has 0 saturated carbocycles. The fraction of sp³-hybridized carbons (Fsp3) is 0.100. The van der Waals surface area contributed by atoms with Crippen molar-refractivity contribution in [3.63, 3.8) is 0 Å². The lowest BCUT2D eigenvalue weighted by atomic mass is 10.1. The van der Waals surface area contributed by atoms with Gasteiger partial charge in [0.1, 0.15) is 11.1 Å². The number of halogens is 2. The highest BCUT2D eigenvalue weighted by atomic mass is 35.5. The van der Waals surface area contributed by atoms with Crippen LogP contribution in [0.1, 0.15) is 16.7 Å². The van der Waals surface area contributed by atoms with Crippen molar-refractivity contribution in [3.05, 3.63) is 81.3 Å². The van der Waals surface area contributed by atoms with E-state index in [0.29, 0.717) is 26.4 Å². The third-order valence-electron chi connectivity index (χ3n) is 3.74. The summed E-state index contributed by atoms with van der Waals surface area (Å²) < 4.78 is 0. The number of hydrogen-bond donors (Lipinski definition) is 0. The highest BCUT2D eigenvalue weighted by Gasteiger charge is 2.11. The van der Waals surface area contributed by atoms with Gasteiger partial charge in [-0.2, -0.15) is 5.26 Å². The van der Waals surface area contributed by atoms with Gasteiger partial charge in [0, 0.05) is 21.4 Å². The maximum atomic E-state index is 9.37. The summed E-state index contributed by atoms with van der Waals surface area (Å²) in [5, 5.41) is 11.3. The average Bonchev–Trinajstić information content (AvgIpc) is 2.62. The molecule has 0 amide bonds. The Morgan fingerprint density at radius 2 is 1.68 bits per heavy atom. The van der Waals surface area contributed by atoms with Crippen molar-refractivity contribution in [2.24, 2.45) is 0 Å². The van der Waals surface area contributed by atoms with Gasteiger partial charge in [-0.25, -0.2) is 4.98 Å². The molecule has 1 aromatic heterocycles. The van der Waals surface area contributed by atoms with Crippen LogP contribution in [0.3, 0.4) is 0 Å². The molecule has 3 aromatic rings. The number of aryl methyl sites for hydroxylation is 1. The molecule has 0 saturated heterocycles. The standard InChI is InChI=1S/C20H14Cl2N2S/c1-13-5-7-14(8-6-13)19-10-9-15(11-23)20(24-19)25-12-16-17(21)3-2-4-18(16)22/h2-10H,12H2,1H3. The third-order valence-corrected chi connectivity index (χ3v) is 5.47. The lowest BCUT2D eigenvalue weighted by molar-refractivity contribution is 1.11. The topological polar surface area (TPSA) is 36.7 Å². The Morgan fingerprint density at radius 1 is 1.00 bits per heavy atom. The molecule has 1 heterocycles. The molecule has 0 aliphatic heterocycles.